The lowest BCUT2D eigenvalue weighted by molar-refractivity contribution is -0.115. The summed E-state index contributed by atoms with van der Waals surface area (Å²) < 4.78 is 0. The van der Waals surface area contributed by atoms with Crippen molar-refractivity contribution < 1.29 is 14.7 Å². The van der Waals surface area contributed by atoms with E-state index in [2.05, 4.69) is 9.97 Å². The minimum absolute atomic E-state index is 0.000111. The zero-order chi connectivity index (χ0) is 13.0. The van der Waals surface area contributed by atoms with Crippen molar-refractivity contribution in [2.45, 2.75) is 25.3 Å². The standard InChI is InChI=1S/C10H13N3O3S/c1-3-7-12-5(2)8(10(15)16)9(13-7)17-4-6(11)14/h3-4H2,1-2H3,(H2,11,14)(H,15,16). The Morgan fingerprint density at radius 1 is 1.41 bits per heavy atom. The van der Waals surface area contributed by atoms with Crippen LogP contribution < -0.4 is 5.73 Å². The number of carbonyl (C=O) groups is 2. The fraction of sp³-hybridized carbons (Fsp3) is 0.400. The molecule has 3 N–H and O–H groups in total. The monoisotopic (exact) mass is 255 g/mol. The number of nitrogens with zero attached hydrogens (tertiary/aromatic N) is 2. The average Bonchev–Trinajstić information content (AvgIpc) is 2.24. The molecule has 0 saturated carbocycles. The van der Waals surface area contributed by atoms with E-state index >= 15 is 0 Å². The van der Waals surface area contributed by atoms with Crippen LogP contribution in [0.25, 0.3) is 0 Å². The third-order valence-electron chi connectivity index (χ3n) is 1.98. The summed E-state index contributed by atoms with van der Waals surface area (Å²) in [7, 11) is 0. The van der Waals surface area contributed by atoms with Gasteiger partial charge < -0.3 is 10.8 Å². The lowest BCUT2D eigenvalue weighted by Gasteiger charge is -2.08. The number of aromatic carboxylic acids is 1. The average molecular weight is 255 g/mol. The minimum atomic E-state index is -1.10. The summed E-state index contributed by atoms with van der Waals surface area (Å²) in [4.78, 5) is 30.0. The van der Waals surface area contributed by atoms with Gasteiger partial charge in [-0.05, 0) is 6.92 Å². The fourth-order valence-electron chi connectivity index (χ4n) is 1.25. The first-order valence-corrected chi connectivity index (χ1v) is 5.96. The number of rotatable bonds is 5. The Morgan fingerprint density at radius 2 is 2.06 bits per heavy atom. The highest BCUT2D eigenvalue weighted by Gasteiger charge is 2.18. The Kier molecular flexibility index (Phi) is 4.45. The van der Waals surface area contributed by atoms with Crippen molar-refractivity contribution in [3.63, 3.8) is 0 Å². The molecule has 1 rings (SSSR count). The molecule has 0 atom stereocenters. The van der Waals surface area contributed by atoms with Crippen LogP contribution in [0.1, 0.15) is 28.8 Å². The van der Waals surface area contributed by atoms with E-state index in [-0.39, 0.29) is 11.3 Å². The molecule has 1 amide bonds. The van der Waals surface area contributed by atoms with E-state index in [0.717, 1.165) is 11.8 Å². The van der Waals surface area contributed by atoms with E-state index in [1.807, 2.05) is 6.92 Å². The largest absolute Gasteiger partial charge is 0.478 e. The first-order valence-electron chi connectivity index (χ1n) is 4.97. The molecule has 92 valence electrons. The number of nitrogens with two attached hydrogens (primary N) is 1. The van der Waals surface area contributed by atoms with Gasteiger partial charge in [0, 0.05) is 6.42 Å². The predicted octanol–water partition coefficient (Wildman–Crippen LogP) is 0.623. The highest BCUT2D eigenvalue weighted by Crippen LogP contribution is 2.22. The maximum Gasteiger partial charge on any atom is 0.340 e. The smallest absolute Gasteiger partial charge is 0.340 e. The number of hydrogen-bond acceptors (Lipinski definition) is 5. The highest BCUT2D eigenvalue weighted by atomic mass is 32.2. The van der Waals surface area contributed by atoms with Crippen molar-refractivity contribution in [3.8, 4) is 0 Å². The second kappa shape index (κ2) is 5.62. The highest BCUT2D eigenvalue weighted by molar-refractivity contribution is 8.00. The summed E-state index contributed by atoms with van der Waals surface area (Å²) in [6, 6.07) is 0. The van der Waals surface area contributed by atoms with Gasteiger partial charge in [-0.3, -0.25) is 4.79 Å². The third kappa shape index (κ3) is 3.42. The topological polar surface area (TPSA) is 106 Å². The van der Waals surface area contributed by atoms with Gasteiger partial charge in [-0.15, -0.1) is 0 Å². The van der Waals surface area contributed by atoms with Gasteiger partial charge in [-0.1, -0.05) is 18.7 Å². The SMILES string of the molecule is CCc1nc(C)c(C(=O)O)c(SCC(N)=O)n1. The molecule has 0 fully saturated rings. The molecule has 1 heterocycles. The molecule has 0 radical (unpaired) electrons. The van der Waals surface area contributed by atoms with E-state index in [4.69, 9.17) is 10.8 Å². The summed E-state index contributed by atoms with van der Waals surface area (Å²) in [5, 5.41) is 9.36. The van der Waals surface area contributed by atoms with Crippen molar-refractivity contribution in [1.82, 2.24) is 9.97 Å². The van der Waals surface area contributed by atoms with Gasteiger partial charge in [-0.25, -0.2) is 14.8 Å². The number of aryl methyl sites for hydroxylation is 2. The van der Waals surface area contributed by atoms with E-state index in [1.54, 1.807) is 6.92 Å². The summed E-state index contributed by atoms with van der Waals surface area (Å²) in [6.45, 7) is 3.48. The van der Waals surface area contributed by atoms with Gasteiger partial charge in [0.2, 0.25) is 5.91 Å². The molecule has 17 heavy (non-hydrogen) atoms. The number of primary amides is 1. The maximum absolute atomic E-state index is 11.1. The molecule has 0 aliphatic rings. The lowest BCUT2D eigenvalue weighted by atomic mass is 10.2. The van der Waals surface area contributed by atoms with Crippen LogP contribution in [-0.2, 0) is 11.2 Å². The molecule has 0 bridgehead atoms. The Bertz CT molecular complexity index is 462. The minimum Gasteiger partial charge on any atom is -0.478 e. The van der Waals surface area contributed by atoms with Crippen molar-refractivity contribution in [3.05, 3.63) is 17.1 Å². The first-order chi connectivity index (χ1) is 7.95. The van der Waals surface area contributed by atoms with Crippen molar-refractivity contribution in [1.29, 1.82) is 0 Å². The Morgan fingerprint density at radius 3 is 2.53 bits per heavy atom. The van der Waals surface area contributed by atoms with Gasteiger partial charge in [0.05, 0.1) is 11.4 Å². The molecular weight excluding hydrogens is 242 g/mol. The normalized spacial score (nSPS) is 10.2. The van der Waals surface area contributed by atoms with Crippen LogP contribution >= 0.6 is 11.8 Å². The number of thioether (sulfide) groups is 1. The van der Waals surface area contributed by atoms with Crippen molar-refractivity contribution >= 4 is 23.6 Å². The number of carboxylic acid groups (broad SMARTS) is 1. The molecule has 1 aromatic rings. The number of carbonyl (C=O) groups excluding carboxylic acids is 1. The van der Waals surface area contributed by atoms with Crippen LogP contribution in [0.4, 0.5) is 0 Å². The summed E-state index contributed by atoms with van der Waals surface area (Å²) in [6.07, 6.45) is 0.602. The molecule has 0 aromatic carbocycles. The van der Waals surface area contributed by atoms with Crippen molar-refractivity contribution in [2.75, 3.05) is 5.75 Å². The molecule has 1 aromatic heterocycles. The van der Waals surface area contributed by atoms with Gasteiger partial charge >= 0.3 is 5.97 Å². The number of carboxylic acids is 1. The predicted molar refractivity (Wildman–Crippen MR) is 63.0 cm³/mol. The Hall–Kier alpha value is -1.63. The van der Waals surface area contributed by atoms with Crippen LogP contribution in [0.15, 0.2) is 5.03 Å². The molecule has 0 aliphatic heterocycles. The van der Waals surface area contributed by atoms with Crippen LogP contribution in [-0.4, -0.2) is 32.7 Å². The van der Waals surface area contributed by atoms with E-state index in [0.29, 0.717) is 23.0 Å². The van der Waals surface area contributed by atoms with Crippen LogP contribution in [0.2, 0.25) is 0 Å². The molecule has 0 saturated heterocycles. The van der Waals surface area contributed by atoms with Gasteiger partial charge in [0.25, 0.3) is 0 Å². The fourth-order valence-corrected chi connectivity index (χ4v) is 2.08. The van der Waals surface area contributed by atoms with Crippen molar-refractivity contribution in [2.24, 2.45) is 5.73 Å². The van der Waals surface area contributed by atoms with Crippen LogP contribution in [0, 0.1) is 6.92 Å². The molecule has 0 spiro atoms. The van der Waals surface area contributed by atoms with Gasteiger partial charge in [0.1, 0.15) is 16.4 Å². The molecule has 0 unspecified atom stereocenters. The van der Waals surface area contributed by atoms with E-state index in [9.17, 15) is 9.59 Å². The van der Waals surface area contributed by atoms with Crippen LogP contribution in [0.5, 0.6) is 0 Å². The lowest BCUT2D eigenvalue weighted by Crippen LogP contribution is -2.15. The zero-order valence-corrected chi connectivity index (χ0v) is 10.4. The van der Waals surface area contributed by atoms with Gasteiger partial charge in [0.15, 0.2) is 0 Å². The number of aromatic nitrogens is 2. The molecular formula is C10H13N3O3S. The van der Waals surface area contributed by atoms with Gasteiger partial charge in [-0.2, -0.15) is 0 Å². The molecule has 6 nitrogen and oxygen atoms in total. The third-order valence-corrected chi connectivity index (χ3v) is 2.98. The quantitative estimate of drug-likeness (QED) is 0.590. The first kappa shape index (κ1) is 13.4. The summed E-state index contributed by atoms with van der Waals surface area (Å²) in [5.74, 6) is -1.06. The Labute approximate surface area is 103 Å². The molecule has 7 heteroatoms. The number of amides is 1. The summed E-state index contributed by atoms with van der Waals surface area (Å²) in [5.41, 5.74) is 5.46. The molecule has 0 aliphatic carbocycles. The van der Waals surface area contributed by atoms with Crippen LogP contribution in [0.3, 0.4) is 0 Å². The Balaban J connectivity index is 3.17. The van der Waals surface area contributed by atoms with E-state index < -0.39 is 11.9 Å². The second-order valence-electron chi connectivity index (χ2n) is 3.32. The maximum atomic E-state index is 11.1. The zero-order valence-electron chi connectivity index (χ0n) is 9.56. The number of hydrogen-bond donors (Lipinski definition) is 2. The second-order valence-corrected chi connectivity index (χ2v) is 4.28. The van der Waals surface area contributed by atoms with E-state index in [1.165, 1.54) is 0 Å². The summed E-state index contributed by atoms with van der Waals surface area (Å²) >= 11 is 1.02.